The molecule has 0 spiro atoms. The summed E-state index contributed by atoms with van der Waals surface area (Å²) in [5.74, 6) is -2.56. The highest BCUT2D eigenvalue weighted by Gasteiger charge is 2.64. The molecule has 15 nitrogen and oxygen atoms in total. The number of rotatable bonds is 13. The number of alkyl carbamates (subject to hydrolysis) is 1. The van der Waals surface area contributed by atoms with Crippen LogP contribution in [0.15, 0.2) is 35.9 Å². The number of carbonyl (C=O) groups excluding carboxylic acids is 5. The molecule has 1 aromatic carbocycles. The second-order valence-corrected chi connectivity index (χ2v) is 19.1. The molecule has 3 aliphatic heterocycles. The fraction of sp³-hybridized carbons (Fsp3) is 0.634. The van der Waals surface area contributed by atoms with Gasteiger partial charge in [-0.25, -0.2) is 9.59 Å². The summed E-state index contributed by atoms with van der Waals surface area (Å²) in [6, 6.07) is 2.46. The van der Waals surface area contributed by atoms with Crippen LogP contribution < -0.4 is 15.5 Å². The lowest BCUT2D eigenvalue weighted by molar-refractivity contribution is -0.161. The third-order valence-electron chi connectivity index (χ3n) is 11.4. The van der Waals surface area contributed by atoms with E-state index >= 15 is 0 Å². The van der Waals surface area contributed by atoms with E-state index in [1.807, 2.05) is 13.8 Å². The van der Waals surface area contributed by atoms with Crippen LogP contribution in [0.2, 0.25) is 5.02 Å². The molecule has 9 atom stereocenters. The highest BCUT2D eigenvalue weighted by Crippen LogP contribution is 2.49. The summed E-state index contributed by atoms with van der Waals surface area (Å²) in [4.78, 5) is 68.4. The minimum Gasteiger partial charge on any atom is -0.457 e. The van der Waals surface area contributed by atoms with Gasteiger partial charge >= 0.3 is 12.1 Å². The van der Waals surface area contributed by atoms with E-state index in [4.69, 9.17) is 25.8 Å². The number of fused-ring (bicyclic) bond motifs is 5. The van der Waals surface area contributed by atoms with Crippen LogP contribution in [0.4, 0.5) is 10.5 Å². The number of aliphatic hydroxyl groups excluding tert-OH is 2. The third kappa shape index (κ3) is 12.2. The molecule has 0 radical (unpaired) electrons. The highest BCUT2D eigenvalue weighted by atomic mass is 35.5. The van der Waals surface area contributed by atoms with Gasteiger partial charge in [-0.15, -0.1) is 0 Å². The van der Waals surface area contributed by atoms with Gasteiger partial charge in [0.1, 0.15) is 23.9 Å². The molecule has 328 valence electrons. The second kappa shape index (κ2) is 21.0. The van der Waals surface area contributed by atoms with Gasteiger partial charge in [0, 0.05) is 63.2 Å². The molecular formula is C41H59ClN4O11S2. The number of carbonyl (C=O) groups is 5. The molecule has 1 aromatic rings. The van der Waals surface area contributed by atoms with E-state index in [2.05, 4.69) is 10.6 Å². The second-order valence-electron chi connectivity index (χ2n) is 15.8. The summed E-state index contributed by atoms with van der Waals surface area (Å²) < 4.78 is 18.0. The molecule has 1 unspecified atom stereocenters. The van der Waals surface area contributed by atoms with Crippen LogP contribution in [0, 0.1) is 11.8 Å². The van der Waals surface area contributed by atoms with E-state index in [1.54, 1.807) is 62.0 Å². The number of hydrogen-bond acceptors (Lipinski definition) is 13. The first-order chi connectivity index (χ1) is 27.8. The lowest BCUT2D eigenvalue weighted by Gasteiger charge is -2.42. The SMILES string of the molecule is CNC(=O)CCC(C)SSCCC(=O)N(C)[C@H](C)C(=O)O[C@H]1CC(=O)N(C)c2cc(cc(CO)c2Cl)C/C(C)=C/C=C/[C@@H](CO)[C@@]2(O)C[C@H](OC(=O)N2)[C@@H](C)[C@@H]2O[C@@]12C. The van der Waals surface area contributed by atoms with Gasteiger partial charge < -0.3 is 44.6 Å². The standard InChI is InChI=1S/C41H59ClN4O11S2/c1-23-10-9-11-29(22-48)41(54)20-31(55-39(53)44-41)25(3)37-40(5,57-37)32(19-35(51)46(8)30-18-27(16-23)17-28(21-47)36(30)42)56-38(52)26(4)45(7)34(50)14-15-58-59-24(2)12-13-33(49)43-6/h9-11,17-18,24-26,29,31-32,37,47-48,54H,12-16,19-22H2,1-8H3,(H,43,49)(H,44,53)/b11-9+,23-10+/t24?,25-,26-,29+,31+,32+,37+,40+,41+/m1/s1. The molecule has 0 saturated carbocycles. The van der Waals surface area contributed by atoms with Crippen molar-refractivity contribution in [3.05, 3.63) is 52.1 Å². The molecule has 4 amide bonds. The summed E-state index contributed by atoms with van der Waals surface area (Å²) >= 11 is 6.74. The smallest absolute Gasteiger partial charge is 0.409 e. The number of esters is 1. The van der Waals surface area contributed by atoms with Crippen LogP contribution in [-0.2, 0) is 46.4 Å². The number of likely N-dealkylation sites (N-methyl/N-ethyl adjacent to an activating group) is 1. The first-order valence-corrected chi connectivity index (χ1v) is 22.5. The zero-order valence-electron chi connectivity index (χ0n) is 35.0. The van der Waals surface area contributed by atoms with Gasteiger partial charge in [-0.2, -0.15) is 0 Å². The molecule has 2 fully saturated rings. The lowest BCUT2D eigenvalue weighted by atomic mass is 9.81. The molecule has 4 rings (SSSR count). The van der Waals surface area contributed by atoms with Crippen LogP contribution >= 0.6 is 33.2 Å². The minimum atomic E-state index is -1.88. The van der Waals surface area contributed by atoms with Gasteiger partial charge in [-0.3, -0.25) is 19.7 Å². The molecule has 4 bridgehead atoms. The van der Waals surface area contributed by atoms with Gasteiger partial charge in [-0.05, 0) is 50.8 Å². The van der Waals surface area contributed by atoms with E-state index in [0.717, 1.165) is 11.1 Å². The number of nitrogens with one attached hydrogen (secondary N) is 2. The van der Waals surface area contributed by atoms with Crippen LogP contribution in [0.5, 0.6) is 0 Å². The van der Waals surface area contributed by atoms with Crippen molar-refractivity contribution in [1.82, 2.24) is 15.5 Å². The van der Waals surface area contributed by atoms with E-state index in [0.29, 0.717) is 36.3 Å². The maximum absolute atomic E-state index is 14.2. The van der Waals surface area contributed by atoms with Crippen molar-refractivity contribution in [2.75, 3.05) is 38.4 Å². The molecule has 3 heterocycles. The Labute approximate surface area is 359 Å². The molecular weight excluding hydrogens is 824 g/mol. The van der Waals surface area contributed by atoms with Crippen molar-refractivity contribution < 1.29 is 53.5 Å². The molecule has 2 saturated heterocycles. The fourth-order valence-electron chi connectivity index (χ4n) is 7.28. The van der Waals surface area contributed by atoms with Crippen molar-refractivity contribution >= 4 is 68.7 Å². The van der Waals surface area contributed by atoms with E-state index < -0.39 is 72.1 Å². The number of anilines is 1. The van der Waals surface area contributed by atoms with Crippen molar-refractivity contribution in [1.29, 1.82) is 0 Å². The molecule has 59 heavy (non-hydrogen) atoms. The van der Waals surface area contributed by atoms with Crippen molar-refractivity contribution in [2.45, 2.75) is 121 Å². The maximum atomic E-state index is 14.2. The highest BCUT2D eigenvalue weighted by molar-refractivity contribution is 8.76. The first kappa shape index (κ1) is 48.3. The average molecular weight is 884 g/mol. The summed E-state index contributed by atoms with van der Waals surface area (Å²) in [6.07, 6.45) is 2.60. The zero-order chi connectivity index (χ0) is 43.8. The Hall–Kier alpha value is -3.32. The van der Waals surface area contributed by atoms with Crippen LogP contribution in [0.3, 0.4) is 0 Å². The van der Waals surface area contributed by atoms with Crippen LogP contribution in [0.1, 0.15) is 77.8 Å². The van der Waals surface area contributed by atoms with Gasteiger partial charge in [0.2, 0.25) is 17.7 Å². The largest absolute Gasteiger partial charge is 0.457 e. The number of nitrogens with zero attached hydrogens (tertiary/aromatic N) is 2. The topological polar surface area (TPSA) is 208 Å². The molecule has 5 N–H and O–H groups in total. The van der Waals surface area contributed by atoms with Gasteiger partial charge in [0.05, 0.1) is 36.4 Å². The Balaban J connectivity index is 1.61. The Kier molecular flexibility index (Phi) is 17.2. The normalized spacial score (nSPS) is 29.7. The molecule has 18 heteroatoms. The molecule has 0 aliphatic carbocycles. The maximum Gasteiger partial charge on any atom is 0.409 e. The third-order valence-corrected chi connectivity index (χ3v) is 14.8. The Morgan fingerprint density at radius 3 is 2.58 bits per heavy atom. The van der Waals surface area contributed by atoms with E-state index in [-0.39, 0.29) is 48.0 Å². The number of epoxide rings is 1. The predicted molar refractivity (Wildman–Crippen MR) is 228 cm³/mol. The summed E-state index contributed by atoms with van der Waals surface area (Å²) in [5, 5.41) is 37.7. The number of halogens is 1. The predicted octanol–water partition coefficient (Wildman–Crippen LogP) is 4.28. The van der Waals surface area contributed by atoms with Crippen LogP contribution in [-0.4, -0.2) is 124 Å². The fourth-order valence-corrected chi connectivity index (χ4v) is 9.90. The van der Waals surface area contributed by atoms with Crippen molar-refractivity contribution in [2.24, 2.45) is 11.8 Å². The van der Waals surface area contributed by atoms with Crippen molar-refractivity contribution in [3.63, 3.8) is 0 Å². The van der Waals surface area contributed by atoms with Gasteiger partial charge in [-0.1, -0.05) is 76.9 Å². The summed E-state index contributed by atoms with van der Waals surface area (Å²) in [6.45, 7) is 8.01. The monoisotopic (exact) mass is 882 g/mol. The molecule has 3 aliphatic rings. The number of allylic oxidation sites excluding steroid dienone is 3. The number of aliphatic hydroxyl groups is 3. The summed E-state index contributed by atoms with van der Waals surface area (Å²) in [5.41, 5.74) is -0.798. The number of benzene rings is 1. The zero-order valence-corrected chi connectivity index (χ0v) is 37.4. The Morgan fingerprint density at radius 1 is 1.20 bits per heavy atom. The average Bonchev–Trinajstić information content (AvgIpc) is 3.90. The number of amides is 4. The minimum absolute atomic E-state index is 0.0264. The Morgan fingerprint density at radius 2 is 1.92 bits per heavy atom. The first-order valence-electron chi connectivity index (χ1n) is 19.8. The number of ether oxygens (including phenoxy) is 3. The quantitative estimate of drug-likeness (QED) is 0.0813. The van der Waals surface area contributed by atoms with E-state index in [9.17, 15) is 39.3 Å². The van der Waals surface area contributed by atoms with Gasteiger partial charge in [0.25, 0.3) is 0 Å². The lowest BCUT2D eigenvalue weighted by Crippen LogP contribution is -2.62. The van der Waals surface area contributed by atoms with E-state index in [1.165, 1.54) is 41.6 Å². The number of hydrogen-bond donors (Lipinski definition) is 5. The molecule has 0 aromatic heterocycles. The Bertz CT molecular complexity index is 1780. The summed E-state index contributed by atoms with van der Waals surface area (Å²) in [7, 11) is 7.75. The van der Waals surface area contributed by atoms with Crippen LogP contribution in [0.25, 0.3) is 0 Å². The van der Waals surface area contributed by atoms with Gasteiger partial charge in [0.15, 0.2) is 5.72 Å². The van der Waals surface area contributed by atoms with Crippen molar-refractivity contribution in [3.8, 4) is 0 Å².